The van der Waals surface area contributed by atoms with Crippen molar-refractivity contribution in [1.29, 1.82) is 0 Å². The first-order chi connectivity index (χ1) is 14.4. The van der Waals surface area contributed by atoms with E-state index >= 15 is 0 Å². The number of anilines is 2. The first-order valence-corrected chi connectivity index (χ1v) is 9.76. The second-order valence-electron chi connectivity index (χ2n) is 8.58. The highest BCUT2D eigenvalue weighted by atomic mass is 16.6. The predicted octanol–water partition coefficient (Wildman–Crippen LogP) is 5.37. The zero-order valence-electron chi connectivity index (χ0n) is 18.6. The zero-order chi connectivity index (χ0) is 23.1. The summed E-state index contributed by atoms with van der Waals surface area (Å²) in [6.45, 7) is 10.7. The van der Waals surface area contributed by atoms with Gasteiger partial charge in [0, 0.05) is 0 Å². The third kappa shape index (κ3) is 8.90. The Morgan fingerprint density at radius 1 is 0.677 bits per heavy atom. The van der Waals surface area contributed by atoms with Crippen LogP contribution in [0.3, 0.4) is 0 Å². The number of para-hydroxylation sites is 4. The van der Waals surface area contributed by atoms with Crippen molar-refractivity contribution in [2.45, 2.75) is 52.7 Å². The second-order valence-corrected chi connectivity index (χ2v) is 8.58. The van der Waals surface area contributed by atoms with Crippen molar-refractivity contribution in [2.24, 2.45) is 0 Å². The van der Waals surface area contributed by atoms with Crippen molar-refractivity contribution in [3.63, 3.8) is 0 Å². The van der Waals surface area contributed by atoms with Crippen molar-refractivity contribution in [2.75, 3.05) is 10.6 Å². The number of rotatable bonds is 6. The molecule has 0 aliphatic rings. The summed E-state index contributed by atoms with van der Waals surface area (Å²) in [5, 5.41) is 5.28. The molecule has 2 aromatic carbocycles. The lowest BCUT2D eigenvalue weighted by Gasteiger charge is -2.21. The molecule has 2 aromatic rings. The van der Waals surface area contributed by atoms with Gasteiger partial charge in [0.05, 0.1) is 11.4 Å². The molecule has 0 aromatic heterocycles. The summed E-state index contributed by atoms with van der Waals surface area (Å²) >= 11 is 0. The highest BCUT2D eigenvalue weighted by Crippen LogP contribution is 2.27. The number of carbonyl (C=O) groups is 2. The topological polar surface area (TPSA) is 95.1 Å². The maximum atomic E-state index is 12.0. The van der Waals surface area contributed by atoms with Crippen molar-refractivity contribution >= 4 is 31.2 Å². The van der Waals surface area contributed by atoms with Gasteiger partial charge in [0.1, 0.15) is 22.7 Å². The minimum absolute atomic E-state index is 0.353. The van der Waals surface area contributed by atoms with E-state index in [2.05, 4.69) is 10.6 Å². The van der Waals surface area contributed by atoms with Gasteiger partial charge in [-0.05, 0) is 65.8 Å². The molecular weight excluding hydrogens is 399 g/mol. The summed E-state index contributed by atoms with van der Waals surface area (Å²) in [5.41, 5.74) is -0.423. The molecule has 0 fully saturated rings. The summed E-state index contributed by atoms with van der Waals surface area (Å²) in [5.74, 6) is 0.705. The summed E-state index contributed by atoms with van der Waals surface area (Å²) < 4.78 is 21.6. The monoisotopic (exact) mass is 427 g/mol. The quantitative estimate of drug-likeness (QED) is 0.602. The van der Waals surface area contributed by atoms with Gasteiger partial charge in [0.15, 0.2) is 0 Å². The average molecular weight is 427 g/mol. The van der Waals surface area contributed by atoms with Crippen LogP contribution in [0.25, 0.3) is 0 Å². The van der Waals surface area contributed by atoms with Gasteiger partial charge < -0.3 is 18.8 Å². The molecule has 0 spiro atoms. The zero-order valence-corrected chi connectivity index (χ0v) is 18.6. The SMILES string of the molecule is CC(C)(C)OC(=O)Nc1ccccc1O[B]Oc1ccccc1NC(=O)OC(C)(C)C. The fourth-order valence-electron chi connectivity index (χ4n) is 2.30. The normalized spacial score (nSPS) is 11.2. The fraction of sp³-hybridized carbons (Fsp3) is 0.364. The lowest BCUT2D eigenvalue weighted by atomic mass is 10.2. The van der Waals surface area contributed by atoms with E-state index in [1.165, 1.54) is 0 Å². The van der Waals surface area contributed by atoms with E-state index in [-0.39, 0.29) is 0 Å². The lowest BCUT2D eigenvalue weighted by Crippen LogP contribution is -2.27. The number of hydrogen-bond donors (Lipinski definition) is 2. The highest BCUT2D eigenvalue weighted by molar-refractivity contribution is 6.21. The Kier molecular flexibility index (Phi) is 7.80. The van der Waals surface area contributed by atoms with Crippen LogP contribution in [0, 0.1) is 0 Å². The summed E-state index contributed by atoms with van der Waals surface area (Å²) in [6, 6.07) is 13.7. The Balaban J connectivity index is 1.99. The second kappa shape index (κ2) is 10.1. The van der Waals surface area contributed by atoms with E-state index in [9.17, 15) is 9.59 Å². The molecule has 0 aliphatic heterocycles. The first kappa shape index (κ1) is 23.9. The summed E-state index contributed by atoms with van der Waals surface area (Å²) in [4.78, 5) is 24.1. The molecule has 0 saturated heterocycles. The number of benzene rings is 2. The smallest absolute Gasteiger partial charge is 0.525 e. The molecule has 9 heteroatoms. The molecule has 0 heterocycles. The van der Waals surface area contributed by atoms with Crippen molar-refractivity contribution in [1.82, 2.24) is 0 Å². The minimum Gasteiger partial charge on any atom is -0.525 e. The van der Waals surface area contributed by atoms with Gasteiger partial charge in [0.25, 0.3) is 0 Å². The maximum Gasteiger partial charge on any atom is 0.658 e. The van der Waals surface area contributed by atoms with E-state index in [0.717, 1.165) is 7.69 Å². The van der Waals surface area contributed by atoms with Crippen LogP contribution in [0.1, 0.15) is 41.5 Å². The van der Waals surface area contributed by atoms with Crippen molar-refractivity contribution < 1.29 is 28.4 Å². The maximum absolute atomic E-state index is 12.0. The van der Waals surface area contributed by atoms with Gasteiger partial charge in [-0.15, -0.1) is 0 Å². The number of ether oxygens (including phenoxy) is 2. The number of carbonyl (C=O) groups excluding carboxylic acids is 2. The molecule has 2 amide bonds. The largest absolute Gasteiger partial charge is 0.658 e. The molecule has 2 N–H and O–H groups in total. The standard InChI is InChI=1S/C22H28BN2O6/c1-21(2,3)28-19(26)24-15-11-7-9-13-17(15)30-23-31-18-14-10-8-12-16(18)25-20(27)29-22(4,5)6/h7-14H,1-6H3,(H,24,26)(H,25,27). The van der Waals surface area contributed by atoms with Gasteiger partial charge in [0.2, 0.25) is 0 Å². The third-order valence-electron chi connectivity index (χ3n) is 3.40. The van der Waals surface area contributed by atoms with Crippen LogP contribution >= 0.6 is 0 Å². The molecule has 2 rings (SSSR count). The lowest BCUT2D eigenvalue weighted by molar-refractivity contribution is 0.0624. The van der Waals surface area contributed by atoms with Gasteiger partial charge in [-0.1, -0.05) is 24.3 Å². The van der Waals surface area contributed by atoms with E-state index in [1.807, 2.05) is 0 Å². The average Bonchev–Trinajstić information content (AvgIpc) is 2.61. The fourth-order valence-corrected chi connectivity index (χ4v) is 2.30. The van der Waals surface area contributed by atoms with Crippen LogP contribution < -0.4 is 19.9 Å². The van der Waals surface area contributed by atoms with Gasteiger partial charge in [-0.25, -0.2) is 9.59 Å². The molecular formula is C22H28BN2O6. The van der Waals surface area contributed by atoms with E-state index < -0.39 is 23.4 Å². The van der Waals surface area contributed by atoms with Gasteiger partial charge in [-0.3, -0.25) is 10.6 Å². The third-order valence-corrected chi connectivity index (χ3v) is 3.40. The highest BCUT2D eigenvalue weighted by Gasteiger charge is 2.19. The Morgan fingerprint density at radius 2 is 1.03 bits per heavy atom. The first-order valence-electron chi connectivity index (χ1n) is 9.76. The van der Waals surface area contributed by atoms with Crippen LogP contribution in [0.4, 0.5) is 21.0 Å². The van der Waals surface area contributed by atoms with Crippen LogP contribution in [0.15, 0.2) is 48.5 Å². The minimum atomic E-state index is -0.625. The van der Waals surface area contributed by atoms with Crippen LogP contribution in [0.5, 0.6) is 11.5 Å². The number of hydrogen-bond acceptors (Lipinski definition) is 6. The Labute approximate surface area is 183 Å². The summed E-state index contributed by atoms with van der Waals surface area (Å²) in [6.07, 6.45) is -1.20. The van der Waals surface area contributed by atoms with Gasteiger partial charge >= 0.3 is 19.9 Å². The molecule has 165 valence electrons. The van der Waals surface area contributed by atoms with E-state index in [1.54, 1.807) is 90.1 Å². The summed E-state index contributed by atoms with van der Waals surface area (Å²) in [7, 11) is 1.10. The molecule has 1 radical (unpaired) electrons. The number of nitrogens with one attached hydrogen (secondary N) is 2. The molecule has 0 saturated carbocycles. The predicted molar refractivity (Wildman–Crippen MR) is 120 cm³/mol. The van der Waals surface area contributed by atoms with Crippen LogP contribution in [0.2, 0.25) is 0 Å². The van der Waals surface area contributed by atoms with Crippen LogP contribution in [-0.2, 0) is 9.47 Å². The molecule has 0 bridgehead atoms. The van der Waals surface area contributed by atoms with E-state index in [4.69, 9.17) is 18.8 Å². The Hall–Kier alpha value is -3.36. The van der Waals surface area contributed by atoms with Crippen molar-refractivity contribution in [3.05, 3.63) is 48.5 Å². The number of amides is 2. The Bertz CT molecular complexity index is 832. The van der Waals surface area contributed by atoms with E-state index in [0.29, 0.717) is 22.9 Å². The molecule has 0 unspecified atom stereocenters. The molecule has 31 heavy (non-hydrogen) atoms. The van der Waals surface area contributed by atoms with Crippen molar-refractivity contribution in [3.8, 4) is 11.5 Å². The van der Waals surface area contributed by atoms with Crippen LogP contribution in [-0.4, -0.2) is 31.1 Å². The molecule has 0 aliphatic carbocycles. The van der Waals surface area contributed by atoms with Gasteiger partial charge in [-0.2, -0.15) is 0 Å². The molecule has 0 atom stereocenters. The molecule has 8 nitrogen and oxygen atoms in total. The Morgan fingerprint density at radius 3 is 1.39 bits per heavy atom.